The van der Waals surface area contributed by atoms with Crippen molar-refractivity contribution in [1.29, 1.82) is 0 Å². The van der Waals surface area contributed by atoms with Gasteiger partial charge in [-0.3, -0.25) is 14.9 Å². The molecule has 2 aromatic carbocycles. The van der Waals surface area contributed by atoms with E-state index in [1.165, 1.54) is 0 Å². The number of rotatable bonds is 3. The molecular formula is C16H10Cl2INO3. The van der Waals surface area contributed by atoms with Gasteiger partial charge < -0.3 is 4.74 Å². The van der Waals surface area contributed by atoms with Gasteiger partial charge >= 0.3 is 0 Å². The molecule has 0 saturated heterocycles. The van der Waals surface area contributed by atoms with E-state index in [0.29, 0.717) is 26.9 Å². The van der Waals surface area contributed by atoms with E-state index >= 15 is 0 Å². The summed E-state index contributed by atoms with van der Waals surface area (Å²) in [6.45, 7) is 1.84. The fraction of sp³-hybridized carbons (Fsp3) is 0.125. The first-order chi connectivity index (χ1) is 10.9. The Bertz CT molecular complexity index is 838. The van der Waals surface area contributed by atoms with Crippen molar-refractivity contribution in [1.82, 2.24) is 5.32 Å². The molecule has 2 amide bonds. The summed E-state index contributed by atoms with van der Waals surface area (Å²) in [5, 5.41) is 3.17. The molecule has 0 fully saturated rings. The van der Waals surface area contributed by atoms with Crippen LogP contribution in [0.15, 0.2) is 30.3 Å². The highest BCUT2D eigenvalue weighted by Crippen LogP contribution is 2.35. The maximum Gasteiger partial charge on any atom is 0.259 e. The molecule has 1 aliphatic heterocycles. The molecule has 23 heavy (non-hydrogen) atoms. The Morgan fingerprint density at radius 1 is 1.04 bits per heavy atom. The minimum atomic E-state index is -0.418. The summed E-state index contributed by atoms with van der Waals surface area (Å²) in [6.07, 6.45) is -0.366. The van der Waals surface area contributed by atoms with E-state index in [0.717, 1.165) is 9.13 Å². The van der Waals surface area contributed by atoms with Crippen molar-refractivity contribution in [3.8, 4) is 5.75 Å². The van der Waals surface area contributed by atoms with E-state index in [9.17, 15) is 9.59 Å². The standard InChI is InChI=1S/C16H10Cl2INO3/c1-7(9-4-5-12(19)14(18)13(9)17)23-8-2-3-10-11(6-8)16(22)20-15(10)21/h2-7H,1H3,(H,20,21,22). The van der Waals surface area contributed by atoms with Crippen molar-refractivity contribution in [2.45, 2.75) is 13.0 Å². The molecule has 1 unspecified atom stereocenters. The molecule has 118 valence electrons. The minimum absolute atomic E-state index is 0.312. The van der Waals surface area contributed by atoms with Crippen LogP contribution >= 0.6 is 45.8 Å². The molecule has 3 rings (SSSR count). The summed E-state index contributed by atoms with van der Waals surface area (Å²) in [4.78, 5) is 23.2. The first kappa shape index (κ1) is 16.5. The molecule has 7 heteroatoms. The second-order valence-corrected chi connectivity index (χ2v) is 6.93. The topological polar surface area (TPSA) is 55.4 Å². The van der Waals surface area contributed by atoms with Crippen LogP contribution in [0.25, 0.3) is 0 Å². The SMILES string of the molecule is CC(Oc1ccc2c(c1)C(=O)NC2=O)c1ccc(I)c(Cl)c1Cl. The van der Waals surface area contributed by atoms with Crippen LogP contribution in [0.5, 0.6) is 5.75 Å². The minimum Gasteiger partial charge on any atom is -0.486 e. The first-order valence-electron chi connectivity index (χ1n) is 6.68. The highest BCUT2D eigenvalue weighted by atomic mass is 127. The Hall–Kier alpha value is -1.31. The molecule has 1 aliphatic rings. The smallest absolute Gasteiger partial charge is 0.259 e. The zero-order valence-corrected chi connectivity index (χ0v) is 15.5. The lowest BCUT2D eigenvalue weighted by molar-refractivity contribution is 0.0879. The van der Waals surface area contributed by atoms with Crippen LogP contribution in [-0.4, -0.2) is 11.8 Å². The summed E-state index contributed by atoms with van der Waals surface area (Å²) in [7, 11) is 0. The van der Waals surface area contributed by atoms with Gasteiger partial charge in [-0.1, -0.05) is 29.3 Å². The van der Waals surface area contributed by atoms with Gasteiger partial charge in [0.25, 0.3) is 11.8 Å². The van der Waals surface area contributed by atoms with Crippen LogP contribution in [0, 0.1) is 3.57 Å². The summed E-state index contributed by atoms with van der Waals surface area (Å²) >= 11 is 14.5. The van der Waals surface area contributed by atoms with Crippen LogP contribution in [-0.2, 0) is 0 Å². The monoisotopic (exact) mass is 461 g/mol. The predicted molar refractivity (Wildman–Crippen MR) is 96.5 cm³/mol. The Labute approximate surface area is 156 Å². The number of benzene rings is 2. The largest absolute Gasteiger partial charge is 0.486 e. The molecular weight excluding hydrogens is 452 g/mol. The van der Waals surface area contributed by atoms with E-state index in [1.54, 1.807) is 18.2 Å². The molecule has 0 radical (unpaired) electrons. The summed E-state index contributed by atoms with van der Waals surface area (Å²) in [6, 6.07) is 8.48. The lowest BCUT2D eigenvalue weighted by Gasteiger charge is -2.17. The molecule has 4 nitrogen and oxygen atoms in total. The average Bonchev–Trinajstić information content (AvgIpc) is 2.79. The maximum absolute atomic E-state index is 11.7. The number of fused-ring (bicyclic) bond motifs is 1. The summed E-state index contributed by atoms with van der Waals surface area (Å²) in [5.41, 5.74) is 1.41. The van der Waals surface area contributed by atoms with E-state index in [-0.39, 0.29) is 6.10 Å². The third kappa shape index (κ3) is 3.05. The van der Waals surface area contributed by atoms with Crippen LogP contribution in [0.1, 0.15) is 39.3 Å². The number of carbonyl (C=O) groups is 2. The zero-order chi connectivity index (χ0) is 16.7. The second kappa shape index (κ2) is 6.30. The van der Waals surface area contributed by atoms with Crippen LogP contribution in [0.3, 0.4) is 0 Å². The lowest BCUT2D eigenvalue weighted by Crippen LogP contribution is -2.19. The number of halogens is 3. The van der Waals surface area contributed by atoms with E-state index in [2.05, 4.69) is 27.9 Å². The summed E-state index contributed by atoms with van der Waals surface area (Å²) in [5.74, 6) is -0.331. The Kier molecular flexibility index (Phi) is 4.53. The normalized spacial score (nSPS) is 14.4. The van der Waals surface area contributed by atoms with Crippen LogP contribution in [0.4, 0.5) is 0 Å². The summed E-state index contributed by atoms with van der Waals surface area (Å²) < 4.78 is 6.71. The van der Waals surface area contributed by atoms with E-state index < -0.39 is 11.8 Å². The fourth-order valence-corrected chi connectivity index (χ4v) is 3.44. The molecule has 1 N–H and O–H groups in total. The van der Waals surface area contributed by atoms with Crippen LogP contribution < -0.4 is 10.1 Å². The number of ether oxygens (including phenoxy) is 1. The molecule has 1 atom stereocenters. The van der Waals surface area contributed by atoms with Gasteiger partial charge in [0.15, 0.2) is 0 Å². The van der Waals surface area contributed by atoms with Gasteiger partial charge in [0.05, 0.1) is 21.2 Å². The number of hydrogen-bond donors (Lipinski definition) is 1. The molecule has 2 aromatic rings. The quantitative estimate of drug-likeness (QED) is 0.412. The van der Waals surface area contributed by atoms with Gasteiger partial charge in [0.1, 0.15) is 11.9 Å². The van der Waals surface area contributed by atoms with Gasteiger partial charge in [-0.2, -0.15) is 0 Å². The fourth-order valence-electron chi connectivity index (χ4n) is 2.34. The zero-order valence-electron chi connectivity index (χ0n) is 11.8. The van der Waals surface area contributed by atoms with Gasteiger partial charge in [0, 0.05) is 9.13 Å². The second-order valence-electron chi connectivity index (χ2n) is 5.02. The molecule has 0 spiro atoms. The first-order valence-corrected chi connectivity index (χ1v) is 8.51. The average molecular weight is 462 g/mol. The third-order valence-corrected chi connectivity index (χ3v) is 5.64. The van der Waals surface area contributed by atoms with Gasteiger partial charge in [-0.05, 0) is 53.8 Å². The Morgan fingerprint density at radius 2 is 1.74 bits per heavy atom. The highest BCUT2D eigenvalue weighted by molar-refractivity contribution is 14.1. The van der Waals surface area contributed by atoms with Gasteiger partial charge in [0.2, 0.25) is 0 Å². The number of hydrogen-bond acceptors (Lipinski definition) is 3. The van der Waals surface area contributed by atoms with Gasteiger partial charge in [-0.15, -0.1) is 0 Å². The highest BCUT2D eigenvalue weighted by Gasteiger charge is 2.27. The molecule has 0 aliphatic carbocycles. The molecule has 0 bridgehead atoms. The molecule has 1 heterocycles. The third-order valence-electron chi connectivity index (χ3n) is 3.52. The Balaban J connectivity index is 1.88. The number of carbonyl (C=O) groups excluding carboxylic acids is 2. The molecule has 0 aromatic heterocycles. The van der Waals surface area contributed by atoms with Crippen molar-refractivity contribution < 1.29 is 14.3 Å². The molecule has 0 saturated carbocycles. The van der Waals surface area contributed by atoms with Crippen molar-refractivity contribution >= 4 is 57.6 Å². The van der Waals surface area contributed by atoms with Crippen molar-refractivity contribution in [3.63, 3.8) is 0 Å². The maximum atomic E-state index is 11.7. The van der Waals surface area contributed by atoms with E-state index in [1.807, 2.05) is 19.1 Å². The number of imide groups is 1. The van der Waals surface area contributed by atoms with Crippen molar-refractivity contribution in [2.75, 3.05) is 0 Å². The lowest BCUT2D eigenvalue weighted by atomic mass is 10.1. The van der Waals surface area contributed by atoms with Crippen molar-refractivity contribution in [3.05, 3.63) is 60.6 Å². The predicted octanol–water partition coefficient (Wildman–Crippen LogP) is 4.62. The van der Waals surface area contributed by atoms with E-state index in [4.69, 9.17) is 27.9 Å². The Morgan fingerprint density at radius 3 is 2.48 bits per heavy atom. The number of nitrogens with one attached hydrogen (secondary N) is 1. The van der Waals surface area contributed by atoms with Crippen LogP contribution in [0.2, 0.25) is 10.0 Å². The van der Waals surface area contributed by atoms with Crippen molar-refractivity contribution in [2.24, 2.45) is 0 Å². The van der Waals surface area contributed by atoms with Gasteiger partial charge in [-0.25, -0.2) is 0 Å². The number of amides is 2.